The van der Waals surface area contributed by atoms with Crippen molar-refractivity contribution in [3.8, 4) is 0 Å². The fourth-order valence-corrected chi connectivity index (χ4v) is 2.29. The molecule has 5 nitrogen and oxygen atoms in total. The van der Waals surface area contributed by atoms with E-state index in [0.717, 1.165) is 25.9 Å². The summed E-state index contributed by atoms with van der Waals surface area (Å²) in [7, 11) is 0. The van der Waals surface area contributed by atoms with E-state index in [-0.39, 0.29) is 5.91 Å². The second-order valence-corrected chi connectivity index (χ2v) is 4.91. The third kappa shape index (κ3) is 4.06. The Balaban J connectivity index is 1.85. The van der Waals surface area contributed by atoms with E-state index in [9.17, 15) is 9.59 Å². The van der Waals surface area contributed by atoms with Crippen molar-refractivity contribution in [3.63, 3.8) is 0 Å². The van der Waals surface area contributed by atoms with Crippen LogP contribution in [0.3, 0.4) is 0 Å². The van der Waals surface area contributed by atoms with E-state index in [1.807, 2.05) is 0 Å². The van der Waals surface area contributed by atoms with E-state index < -0.39 is 5.91 Å². The van der Waals surface area contributed by atoms with Gasteiger partial charge in [-0.25, -0.2) is 0 Å². The second-order valence-electron chi connectivity index (χ2n) is 4.91. The van der Waals surface area contributed by atoms with Gasteiger partial charge in [-0.3, -0.25) is 9.59 Å². The molecular weight excluding hydrogens is 242 g/mol. The Morgan fingerprint density at radius 3 is 2.63 bits per heavy atom. The minimum Gasteiger partial charge on any atom is -0.366 e. The van der Waals surface area contributed by atoms with E-state index in [4.69, 9.17) is 5.73 Å². The third-order valence-electron chi connectivity index (χ3n) is 3.33. The van der Waals surface area contributed by atoms with Gasteiger partial charge < -0.3 is 16.4 Å². The van der Waals surface area contributed by atoms with Crippen LogP contribution in [-0.2, 0) is 4.79 Å². The van der Waals surface area contributed by atoms with Crippen LogP contribution in [0.2, 0.25) is 0 Å². The van der Waals surface area contributed by atoms with Gasteiger partial charge in [-0.2, -0.15) is 0 Å². The molecule has 0 bridgehead atoms. The zero-order valence-electron chi connectivity index (χ0n) is 10.8. The summed E-state index contributed by atoms with van der Waals surface area (Å²) in [4.78, 5) is 22.8. The number of anilines is 1. The molecule has 1 heterocycles. The van der Waals surface area contributed by atoms with E-state index in [1.54, 1.807) is 24.3 Å². The Labute approximate surface area is 112 Å². The van der Waals surface area contributed by atoms with Crippen LogP contribution in [0.15, 0.2) is 24.3 Å². The monoisotopic (exact) mass is 261 g/mol. The summed E-state index contributed by atoms with van der Waals surface area (Å²) in [6, 6.07) is 6.61. The lowest BCUT2D eigenvalue weighted by atomic mass is 9.96. The van der Waals surface area contributed by atoms with Crippen molar-refractivity contribution in [1.82, 2.24) is 5.32 Å². The fraction of sp³-hybridized carbons (Fsp3) is 0.429. The zero-order valence-corrected chi connectivity index (χ0v) is 10.8. The highest BCUT2D eigenvalue weighted by Gasteiger charge is 2.16. The number of hydrogen-bond acceptors (Lipinski definition) is 3. The van der Waals surface area contributed by atoms with Gasteiger partial charge in [-0.15, -0.1) is 0 Å². The van der Waals surface area contributed by atoms with Crippen LogP contribution in [0.1, 0.15) is 29.6 Å². The Hall–Kier alpha value is -1.88. The van der Waals surface area contributed by atoms with Gasteiger partial charge in [0.25, 0.3) is 0 Å². The molecule has 102 valence electrons. The number of primary amides is 1. The number of hydrogen-bond donors (Lipinski definition) is 3. The molecule has 1 aromatic carbocycles. The molecule has 0 aliphatic carbocycles. The highest BCUT2D eigenvalue weighted by molar-refractivity contribution is 5.94. The standard InChI is InChI=1S/C14H19N3O2/c15-14(19)11-3-5-12(6-4-11)17-13(18)8-10-2-1-7-16-9-10/h3-6,10,16H,1-2,7-9H2,(H2,15,19)(H,17,18). The Kier molecular flexibility index (Phi) is 4.52. The normalized spacial score (nSPS) is 18.8. The minimum atomic E-state index is -0.467. The molecule has 1 aliphatic rings. The molecule has 1 unspecified atom stereocenters. The summed E-state index contributed by atoms with van der Waals surface area (Å²) >= 11 is 0. The molecule has 1 atom stereocenters. The van der Waals surface area contributed by atoms with E-state index in [1.165, 1.54) is 0 Å². The van der Waals surface area contributed by atoms with Crippen LogP contribution in [0.4, 0.5) is 5.69 Å². The maximum Gasteiger partial charge on any atom is 0.248 e. The lowest BCUT2D eigenvalue weighted by Gasteiger charge is -2.22. The summed E-state index contributed by atoms with van der Waals surface area (Å²) in [6.45, 7) is 1.96. The van der Waals surface area contributed by atoms with Crippen LogP contribution in [0.5, 0.6) is 0 Å². The van der Waals surface area contributed by atoms with E-state index >= 15 is 0 Å². The first-order valence-corrected chi connectivity index (χ1v) is 6.55. The highest BCUT2D eigenvalue weighted by atomic mass is 16.2. The lowest BCUT2D eigenvalue weighted by molar-refractivity contribution is -0.117. The summed E-state index contributed by atoms with van der Waals surface area (Å²) in [5.41, 5.74) is 6.29. The van der Waals surface area contributed by atoms with Crippen LogP contribution in [-0.4, -0.2) is 24.9 Å². The maximum absolute atomic E-state index is 11.9. The van der Waals surface area contributed by atoms with Gasteiger partial charge in [-0.1, -0.05) is 0 Å². The molecule has 1 aliphatic heterocycles. The van der Waals surface area contributed by atoms with Gasteiger partial charge in [0.15, 0.2) is 0 Å². The number of rotatable bonds is 4. The summed E-state index contributed by atoms with van der Waals surface area (Å²) in [5, 5.41) is 6.13. The van der Waals surface area contributed by atoms with Crippen LogP contribution < -0.4 is 16.4 Å². The third-order valence-corrected chi connectivity index (χ3v) is 3.33. The van der Waals surface area contributed by atoms with Crippen molar-refractivity contribution in [2.75, 3.05) is 18.4 Å². The first kappa shape index (κ1) is 13.5. The van der Waals surface area contributed by atoms with E-state index in [0.29, 0.717) is 23.6 Å². The predicted octanol–water partition coefficient (Wildman–Crippen LogP) is 1.11. The molecule has 0 spiro atoms. The van der Waals surface area contributed by atoms with Crippen molar-refractivity contribution < 1.29 is 9.59 Å². The van der Waals surface area contributed by atoms with Crippen molar-refractivity contribution in [2.45, 2.75) is 19.3 Å². The van der Waals surface area contributed by atoms with Gasteiger partial charge in [-0.05, 0) is 56.1 Å². The van der Waals surface area contributed by atoms with Gasteiger partial charge in [0, 0.05) is 17.7 Å². The van der Waals surface area contributed by atoms with Gasteiger partial charge in [0.2, 0.25) is 11.8 Å². The van der Waals surface area contributed by atoms with Crippen molar-refractivity contribution in [3.05, 3.63) is 29.8 Å². The molecule has 5 heteroatoms. The summed E-state index contributed by atoms with van der Waals surface area (Å²) in [6.07, 6.45) is 2.76. The Morgan fingerprint density at radius 1 is 1.32 bits per heavy atom. The van der Waals surface area contributed by atoms with Crippen molar-refractivity contribution in [2.24, 2.45) is 11.7 Å². The minimum absolute atomic E-state index is 0.0144. The van der Waals surface area contributed by atoms with Crippen LogP contribution in [0.25, 0.3) is 0 Å². The average Bonchev–Trinajstić information content (AvgIpc) is 2.40. The molecule has 4 N–H and O–H groups in total. The Morgan fingerprint density at radius 2 is 2.05 bits per heavy atom. The molecule has 2 amide bonds. The molecule has 2 rings (SSSR count). The summed E-state index contributed by atoms with van der Waals surface area (Å²) < 4.78 is 0. The number of nitrogens with one attached hydrogen (secondary N) is 2. The molecule has 0 aromatic heterocycles. The topological polar surface area (TPSA) is 84.2 Å². The van der Waals surface area contributed by atoms with Crippen LogP contribution in [0, 0.1) is 5.92 Å². The lowest BCUT2D eigenvalue weighted by Crippen LogP contribution is -2.32. The molecule has 0 radical (unpaired) electrons. The average molecular weight is 261 g/mol. The van der Waals surface area contributed by atoms with Crippen molar-refractivity contribution >= 4 is 17.5 Å². The Bertz CT molecular complexity index is 450. The van der Waals surface area contributed by atoms with Gasteiger partial charge in [0.05, 0.1) is 0 Å². The molecule has 1 aromatic rings. The number of carbonyl (C=O) groups excluding carboxylic acids is 2. The highest BCUT2D eigenvalue weighted by Crippen LogP contribution is 2.16. The first-order chi connectivity index (χ1) is 9.15. The summed E-state index contributed by atoms with van der Waals surface area (Å²) in [5.74, 6) is -0.0367. The second kappa shape index (κ2) is 6.33. The smallest absolute Gasteiger partial charge is 0.248 e. The molecule has 19 heavy (non-hydrogen) atoms. The largest absolute Gasteiger partial charge is 0.366 e. The predicted molar refractivity (Wildman–Crippen MR) is 73.8 cm³/mol. The fourth-order valence-electron chi connectivity index (χ4n) is 2.29. The molecule has 1 fully saturated rings. The van der Waals surface area contributed by atoms with Gasteiger partial charge in [0.1, 0.15) is 0 Å². The number of carbonyl (C=O) groups is 2. The quantitative estimate of drug-likeness (QED) is 0.759. The SMILES string of the molecule is NC(=O)c1ccc(NC(=O)CC2CCCNC2)cc1. The maximum atomic E-state index is 11.9. The number of piperidine rings is 1. The molecule has 1 saturated heterocycles. The first-order valence-electron chi connectivity index (χ1n) is 6.55. The van der Waals surface area contributed by atoms with Gasteiger partial charge >= 0.3 is 0 Å². The van der Waals surface area contributed by atoms with Crippen molar-refractivity contribution in [1.29, 1.82) is 0 Å². The van der Waals surface area contributed by atoms with E-state index in [2.05, 4.69) is 10.6 Å². The van der Waals surface area contributed by atoms with Crippen LogP contribution >= 0.6 is 0 Å². The molecular formula is C14H19N3O2. The molecule has 0 saturated carbocycles. The number of amides is 2. The zero-order chi connectivity index (χ0) is 13.7. The number of benzene rings is 1. The number of nitrogens with two attached hydrogens (primary N) is 1.